The Morgan fingerprint density at radius 1 is 1.24 bits per heavy atom. The number of aliphatic carboxylic acids is 1. The van der Waals surface area contributed by atoms with Crippen molar-refractivity contribution in [1.29, 1.82) is 0 Å². The molecule has 0 fully saturated rings. The van der Waals surface area contributed by atoms with Crippen LogP contribution in [0.4, 0.5) is 5.69 Å². The second-order valence-corrected chi connectivity index (χ2v) is 6.07. The van der Waals surface area contributed by atoms with Crippen LogP contribution in [0.3, 0.4) is 0 Å². The van der Waals surface area contributed by atoms with Gasteiger partial charge in [0.2, 0.25) is 0 Å². The van der Waals surface area contributed by atoms with Gasteiger partial charge in [-0.15, -0.1) is 0 Å². The minimum absolute atomic E-state index is 0.0214. The van der Waals surface area contributed by atoms with Gasteiger partial charge in [-0.05, 0) is 36.5 Å². The van der Waals surface area contributed by atoms with E-state index >= 15 is 0 Å². The van der Waals surface area contributed by atoms with Crippen LogP contribution in [0.2, 0.25) is 0 Å². The molecule has 2 N–H and O–H groups in total. The van der Waals surface area contributed by atoms with Crippen LogP contribution < -0.4 is 5.32 Å². The number of nitro groups is 1. The van der Waals surface area contributed by atoms with Gasteiger partial charge in [0, 0.05) is 31.1 Å². The summed E-state index contributed by atoms with van der Waals surface area (Å²) >= 11 is 0. The van der Waals surface area contributed by atoms with Crippen molar-refractivity contribution < 1.29 is 14.8 Å². The smallest absolute Gasteiger partial charge is 0.303 e. The first kappa shape index (κ1) is 18.6. The van der Waals surface area contributed by atoms with Crippen molar-refractivity contribution in [2.24, 2.45) is 0 Å². The third-order valence-electron chi connectivity index (χ3n) is 4.15. The lowest BCUT2D eigenvalue weighted by Crippen LogP contribution is -2.31. The van der Waals surface area contributed by atoms with E-state index in [9.17, 15) is 14.9 Å². The molecule has 132 valence electrons. The molecule has 0 aromatic heterocycles. The normalized spacial score (nSPS) is 11.9. The number of carbonyl (C=O) groups is 1. The number of rotatable bonds is 9. The van der Waals surface area contributed by atoms with E-state index in [0.717, 1.165) is 23.1 Å². The van der Waals surface area contributed by atoms with E-state index in [0.29, 0.717) is 13.0 Å². The molecule has 1 unspecified atom stereocenters. The number of benzene rings is 2. The van der Waals surface area contributed by atoms with Gasteiger partial charge in [-0.3, -0.25) is 14.9 Å². The lowest BCUT2D eigenvalue weighted by atomic mass is 10.0. The molecule has 0 bridgehead atoms. The summed E-state index contributed by atoms with van der Waals surface area (Å²) in [6.45, 7) is 2.38. The van der Waals surface area contributed by atoms with Crippen molar-refractivity contribution in [2.45, 2.75) is 38.8 Å². The Balaban J connectivity index is 2.03. The number of carboxylic acid groups (broad SMARTS) is 1. The number of nitro benzene ring substituents is 1. The molecule has 0 saturated heterocycles. The Morgan fingerprint density at radius 2 is 1.96 bits per heavy atom. The average molecular weight is 342 g/mol. The second kappa shape index (κ2) is 8.94. The van der Waals surface area contributed by atoms with Crippen LogP contribution in [0.5, 0.6) is 0 Å². The number of aryl methyl sites for hydroxylation is 1. The number of carboxylic acids is 1. The first-order chi connectivity index (χ1) is 12.0. The lowest BCUT2D eigenvalue weighted by molar-refractivity contribution is -0.384. The topological polar surface area (TPSA) is 92.5 Å². The maximum Gasteiger partial charge on any atom is 0.303 e. The third-order valence-corrected chi connectivity index (χ3v) is 4.15. The SMILES string of the molecule is Cc1cc([N+](=O)[O-])ccc1CNC(CCC(=O)O)Cc1ccccc1. The average Bonchev–Trinajstić information content (AvgIpc) is 2.58. The minimum Gasteiger partial charge on any atom is -0.481 e. The van der Waals surface area contributed by atoms with E-state index in [1.807, 2.05) is 37.3 Å². The van der Waals surface area contributed by atoms with Crippen LogP contribution >= 0.6 is 0 Å². The molecule has 0 aliphatic heterocycles. The fourth-order valence-corrected chi connectivity index (χ4v) is 2.72. The highest BCUT2D eigenvalue weighted by Crippen LogP contribution is 2.17. The van der Waals surface area contributed by atoms with E-state index in [1.165, 1.54) is 6.07 Å². The van der Waals surface area contributed by atoms with E-state index in [-0.39, 0.29) is 18.2 Å². The largest absolute Gasteiger partial charge is 0.481 e. The highest BCUT2D eigenvalue weighted by Gasteiger charge is 2.13. The molecule has 2 aromatic carbocycles. The molecule has 2 rings (SSSR count). The Kier molecular flexibility index (Phi) is 6.65. The highest BCUT2D eigenvalue weighted by atomic mass is 16.6. The summed E-state index contributed by atoms with van der Waals surface area (Å²) in [6.07, 6.45) is 1.36. The Bertz CT molecular complexity index is 731. The maximum atomic E-state index is 10.9. The highest BCUT2D eigenvalue weighted by molar-refractivity contribution is 5.66. The van der Waals surface area contributed by atoms with Crippen LogP contribution in [-0.4, -0.2) is 22.0 Å². The van der Waals surface area contributed by atoms with Crippen LogP contribution in [0.1, 0.15) is 29.5 Å². The van der Waals surface area contributed by atoms with Crippen molar-refractivity contribution in [3.8, 4) is 0 Å². The fourth-order valence-electron chi connectivity index (χ4n) is 2.72. The van der Waals surface area contributed by atoms with E-state index in [2.05, 4.69) is 5.32 Å². The summed E-state index contributed by atoms with van der Waals surface area (Å²) in [5.74, 6) is -0.814. The van der Waals surface area contributed by atoms with E-state index < -0.39 is 10.9 Å². The first-order valence-corrected chi connectivity index (χ1v) is 8.18. The number of nitrogens with zero attached hydrogens (tertiary/aromatic N) is 1. The molecule has 6 heteroatoms. The fraction of sp³-hybridized carbons (Fsp3) is 0.316. The summed E-state index contributed by atoms with van der Waals surface area (Å²) in [5.41, 5.74) is 3.04. The first-order valence-electron chi connectivity index (χ1n) is 8.18. The zero-order chi connectivity index (χ0) is 18.2. The Hall–Kier alpha value is -2.73. The van der Waals surface area contributed by atoms with Crippen molar-refractivity contribution in [1.82, 2.24) is 5.32 Å². The van der Waals surface area contributed by atoms with Gasteiger partial charge < -0.3 is 10.4 Å². The Morgan fingerprint density at radius 3 is 2.56 bits per heavy atom. The number of hydrogen-bond acceptors (Lipinski definition) is 4. The van der Waals surface area contributed by atoms with Gasteiger partial charge in [-0.1, -0.05) is 36.4 Å². The zero-order valence-corrected chi connectivity index (χ0v) is 14.1. The standard InChI is InChI=1S/C19H22N2O4/c1-14-11-18(21(24)25)9-7-16(14)13-20-17(8-10-19(22)23)12-15-5-3-2-4-6-15/h2-7,9,11,17,20H,8,10,12-13H2,1H3,(H,22,23). The molecule has 0 radical (unpaired) electrons. The molecule has 1 atom stereocenters. The maximum absolute atomic E-state index is 10.9. The van der Waals surface area contributed by atoms with E-state index in [4.69, 9.17) is 5.11 Å². The van der Waals surface area contributed by atoms with Crippen molar-refractivity contribution in [2.75, 3.05) is 0 Å². The van der Waals surface area contributed by atoms with Gasteiger partial charge in [0.15, 0.2) is 0 Å². The minimum atomic E-state index is -0.814. The monoisotopic (exact) mass is 342 g/mol. The Labute approximate surface area is 146 Å². The molecule has 0 amide bonds. The van der Waals surface area contributed by atoms with Gasteiger partial charge in [0.1, 0.15) is 0 Å². The van der Waals surface area contributed by atoms with Crippen molar-refractivity contribution in [3.05, 3.63) is 75.3 Å². The molecule has 0 heterocycles. The molecule has 0 aliphatic rings. The number of non-ortho nitro benzene ring substituents is 1. The van der Waals surface area contributed by atoms with Gasteiger partial charge in [0.25, 0.3) is 5.69 Å². The molecular weight excluding hydrogens is 320 g/mol. The summed E-state index contributed by atoms with van der Waals surface area (Å²) in [7, 11) is 0. The zero-order valence-electron chi connectivity index (χ0n) is 14.1. The molecular formula is C19H22N2O4. The van der Waals surface area contributed by atoms with Crippen molar-refractivity contribution >= 4 is 11.7 Å². The summed E-state index contributed by atoms with van der Waals surface area (Å²) in [4.78, 5) is 21.3. The molecule has 25 heavy (non-hydrogen) atoms. The predicted molar refractivity (Wildman–Crippen MR) is 95.5 cm³/mol. The van der Waals surface area contributed by atoms with Crippen LogP contribution in [-0.2, 0) is 17.8 Å². The van der Waals surface area contributed by atoms with Gasteiger partial charge in [-0.2, -0.15) is 0 Å². The quantitative estimate of drug-likeness (QED) is 0.538. The lowest BCUT2D eigenvalue weighted by Gasteiger charge is -2.19. The molecule has 6 nitrogen and oxygen atoms in total. The molecule has 2 aromatic rings. The summed E-state index contributed by atoms with van der Waals surface area (Å²) in [5, 5.41) is 23.2. The molecule has 0 saturated carbocycles. The number of hydrogen-bond donors (Lipinski definition) is 2. The molecule has 0 spiro atoms. The van der Waals surface area contributed by atoms with E-state index in [1.54, 1.807) is 12.1 Å². The van der Waals surface area contributed by atoms with Gasteiger partial charge in [0.05, 0.1) is 4.92 Å². The summed E-state index contributed by atoms with van der Waals surface area (Å²) in [6, 6.07) is 14.7. The van der Waals surface area contributed by atoms with Gasteiger partial charge >= 0.3 is 5.97 Å². The van der Waals surface area contributed by atoms with Crippen LogP contribution in [0.25, 0.3) is 0 Å². The van der Waals surface area contributed by atoms with Crippen LogP contribution in [0.15, 0.2) is 48.5 Å². The van der Waals surface area contributed by atoms with Gasteiger partial charge in [-0.25, -0.2) is 0 Å². The van der Waals surface area contributed by atoms with Crippen molar-refractivity contribution in [3.63, 3.8) is 0 Å². The second-order valence-electron chi connectivity index (χ2n) is 6.07. The molecule has 0 aliphatic carbocycles. The number of nitrogens with one attached hydrogen (secondary N) is 1. The third kappa shape index (κ3) is 6.00. The van der Waals surface area contributed by atoms with Crippen LogP contribution in [0, 0.1) is 17.0 Å². The predicted octanol–water partition coefficient (Wildman–Crippen LogP) is 3.47. The summed E-state index contributed by atoms with van der Waals surface area (Å²) < 4.78 is 0.